The van der Waals surface area contributed by atoms with E-state index in [1.807, 2.05) is 0 Å². The van der Waals surface area contributed by atoms with Gasteiger partial charge in [-0.2, -0.15) is 0 Å². The number of nitrogens with zero attached hydrogens (tertiary/aromatic N) is 2. The monoisotopic (exact) mass is 264 g/mol. The van der Waals surface area contributed by atoms with Gasteiger partial charge in [0.05, 0.1) is 12.2 Å². The Balaban J connectivity index is 2.30. The second-order valence-electron chi connectivity index (χ2n) is 4.29. The molecule has 0 N–H and O–H groups in total. The summed E-state index contributed by atoms with van der Waals surface area (Å²) in [5.41, 5.74) is 0. The molecule has 4 heteroatoms. The molecule has 1 fully saturated rings. The van der Waals surface area contributed by atoms with Gasteiger partial charge in [0.2, 0.25) is 0 Å². The van der Waals surface area contributed by atoms with Crippen LogP contribution in [0.5, 0.6) is 0 Å². The lowest BCUT2D eigenvalue weighted by molar-refractivity contribution is -0.0660. The van der Waals surface area contributed by atoms with Gasteiger partial charge in [-0.25, -0.2) is 0 Å². The standard InChI is InChI=1S/C10H21BrN2O/c1-9-7-13(5-4-12(2)3)8-10(6-11)14-9/h9-10H,4-8H2,1-3H3. The van der Waals surface area contributed by atoms with Gasteiger partial charge in [0, 0.05) is 31.5 Å². The minimum atomic E-state index is 0.362. The SMILES string of the molecule is CC1CN(CCN(C)C)CC(CBr)O1. The number of ether oxygens (including phenoxy) is 1. The lowest BCUT2D eigenvalue weighted by Crippen LogP contribution is -2.48. The summed E-state index contributed by atoms with van der Waals surface area (Å²) in [7, 11) is 4.23. The molecule has 0 spiro atoms. The first kappa shape index (κ1) is 12.4. The number of hydrogen-bond acceptors (Lipinski definition) is 3. The maximum atomic E-state index is 5.77. The van der Waals surface area contributed by atoms with Gasteiger partial charge in [-0.15, -0.1) is 0 Å². The maximum absolute atomic E-state index is 5.77. The molecule has 1 aliphatic heterocycles. The van der Waals surface area contributed by atoms with E-state index in [9.17, 15) is 0 Å². The van der Waals surface area contributed by atoms with Crippen molar-refractivity contribution in [2.75, 3.05) is 45.6 Å². The molecular weight excluding hydrogens is 244 g/mol. The summed E-state index contributed by atoms with van der Waals surface area (Å²) in [4.78, 5) is 4.71. The van der Waals surface area contributed by atoms with Gasteiger partial charge in [-0.05, 0) is 21.0 Å². The van der Waals surface area contributed by atoms with Crippen LogP contribution in [0.3, 0.4) is 0 Å². The molecule has 84 valence electrons. The molecule has 1 saturated heterocycles. The zero-order valence-corrected chi connectivity index (χ0v) is 11.0. The van der Waals surface area contributed by atoms with Crippen molar-refractivity contribution in [3.05, 3.63) is 0 Å². The van der Waals surface area contributed by atoms with Gasteiger partial charge in [0.1, 0.15) is 0 Å². The Bertz CT molecular complexity index is 166. The molecule has 0 aromatic heterocycles. The van der Waals surface area contributed by atoms with Crippen molar-refractivity contribution in [1.29, 1.82) is 0 Å². The van der Waals surface area contributed by atoms with E-state index in [2.05, 4.69) is 46.7 Å². The zero-order chi connectivity index (χ0) is 10.6. The van der Waals surface area contributed by atoms with Crippen LogP contribution < -0.4 is 0 Å². The number of hydrogen-bond donors (Lipinski definition) is 0. The van der Waals surface area contributed by atoms with E-state index >= 15 is 0 Å². The van der Waals surface area contributed by atoms with Crippen molar-refractivity contribution in [3.8, 4) is 0 Å². The van der Waals surface area contributed by atoms with Crippen LogP contribution in [0.2, 0.25) is 0 Å². The normalized spacial score (nSPS) is 29.8. The first-order valence-electron chi connectivity index (χ1n) is 5.20. The number of morpholine rings is 1. The maximum Gasteiger partial charge on any atom is 0.0802 e. The highest BCUT2D eigenvalue weighted by molar-refractivity contribution is 9.09. The van der Waals surface area contributed by atoms with Crippen LogP contribution in [0, 0.1) is 0 Å². The van der Waals surface area contributed by atoms with Crippen LogP contribution in [0.15, 0.2) is 0 Å². The largest absolute Gasteiger partial charge is 0.372 e. The molecule has 0 saturated carbocycles. The average Bonchev–Trinajstić information content (AvgIpc) is 2.14. The average molecular weight is 265 g/mol. The summed E-state index contributed by atoms with van der Waals surface area (Å²) in [6.07, 6.45) is 0.731. The Morgan fingerprint density at radius 2 is 2.14 bits per heavy atom. The molecule has 0 amide bonds. The highest BCUT2D eigenvalue weighted by atomic mass is 79.9. The molecule has 2 unspecified atom stereocenters. The summed E-state index contributed by atoms with van der Waals surface area (Å²) >= 11 is 3.48. The van der Waals surface area contributed by atoms with Crippen LogP contribution in [0.25, 0.3) is 0 Å². The second-order valence-corrected chi connectivity index (χ2v) is 4.93. The van der Waals surface area contributed by atoms with Crippen LogP contribution in [-0.4, -0.2) is 67.6 Å². The fourth-order valence-corrected chi connectivity index (χ4v) is 2.11. The van der Waals surface area contributed by atoms with Gasteiger partial charge in [-0.1, -0.05) is 15.9 Å². The van der Waals surface area contributed by atoms with Crippen molar-refractivity contribution in [3.63, 3.8) is 0 Å². The van der Waals surface area contributed by atoms with Crippen LogP contribution in [-0.2, 0) is 4.74 Å². The molecule has 2 atom stereocenters. The van der Waals surface area contributed by atoms with E-state index in [-0.39, 0.29) is 0 Å². The second kappa shape index (κ2) is 6.05. The van der Waals surface area contributed by atoms with Crippen molar-refractivity contribution in [1.82, 2.24) is 9.80 Å². The van der Waals surface area contributed by atoms with Gasteiger partial charge < -0.3 is 9.64 Å². The fraction of sp³-hybridized carbons (Fsp3) is 1.00. The van der Waals surface area contributed by atoms with E-state index in [4.69, 9.17) is 4.74 Å². The van der Waals surface area contributed by atoms with Crippen molar-refractivity contribution in [2.45, 2.75) is 19.1 Å². The summed E-state index contributed by atoms with van der Waals surface area (Å²) in [5.74, 6) is 0. The molecule has 0 aromatic carbocycles. The lowest BCUT2D eigenvalue weighted by atomic mass is 10.2. The first-order chi connectivity index (χ1) is 6.61. The summed E-state index contributed by atoms with van der Waals surface area (Å²) in [6.45, 7) is 6.55. The molecular formula is C10H21BrN2O. The molecule has 0 aliphatic carbocycles. The first-order valence-corrected chi connectivity index (χ1v) is 6.32. The van der Waals surface area contributed by atoms with Crippen molar-refractivity contribution in [2.24, 2.45) is 0 Å². The third-order valence-corrected chi connectivity index (χ3v) is 3.16. The van der Waals surface area contributed by atoms with E-state index in [1.165, 1.54) is 0 Å². The third-order valence-electron chi connectivity index (χ3n) is 2.44. The number of alkyl halides is 1. The Morgan fingerprint density at radius 3 is 2.71 bits per heavy atom. The fourth-order valence-electron chi connectivity index (χ4n) is 1.75. The van der Waals surface area contributed by atoms with Crippen molar-refractivity contribution < 1.29 is 4.74 Å². The third kappa shape index (κ3) is 4.26. The number of rotatable bonds is 4. The zero-order valence-electron chi connectivity index (χ0n) is 9.37. The van der Waals surface area contributed by atoms with Gasteiger partial charge in [-0.3, -0.25) is 4.90 Å². The summed E-state index contributed by atoms with van der Waals surface area (Å²) < 4.78 is 5.77. The van der Waals surface area contributed by atoms with E-state index in [0.29, 0.717) is 12.2 Å². The van der Waals surface area contributed by atoms with Crippen LogP contribution in [0.4, 0.5) is 0 Å². The Morgan fingerprint density at radius 1 is 1.43 bits per heavy atom. The quantitative estimate of drug-likeness (QED) is 0.706. The molecule has 0 radical (unpaired) electrons. The smallest absolute Gasteiger partial charge is 0.0802 e. The van der Waals surface area contributed by atoms with Gasteiger partial charge in [0.25, 0.3) is 0 Å². The van der Waals surface area contributed by atoms with Crippen molar-refractivity contribution >= 4 is 15.9 Å². The van der Waals surface area contributed by atoms with Crippen LogP contribution >= 0.6 is 15.9 Å². The molecule has 0 bridgehead atoms. The van der Waals surface area contributed by atoms with Crippen LogP contribution in [0.1, 0.15) is 6.92 Å². The Kier molecular flexibility index (Phi) is 5.38. The molecule has 14 heavy (non-hydrogen) atoms. The van der Waals surface area contributed by atoms with E-state index < -0.39 is 0 Å². The highest BCUT2D eigenvalue weighted by Crippen LogP contribution is 2.12. The Hall–Kier alpha value is 0.360. The molecule has 1 aliphatic rings. The minimum Gasteiger partial charge on any atom is -0.372 e. The van der Waals surface area contributed by atoms with E-state index in [0.717, 1.165) is 31.5 Å². The molecule has 0 aromatic rings. The molecule has 1 rings (SSSR count). The summed E-state index contributed by atoms with van der Waals surface area (Å²) in [5, 5.41) is 0.940. The Labute approximate surface area is 95.5 Å². The van der Waals surface area contributed by atoms with Gasteiger partial charge >= 0.3 is 0 Å². The number of likely N-dealkylation sites (N-methyl/N-ethyl adjacent to an activating group) is 1. The topological polar surface area (TPSA) is 15.7 Å². The minimum absolute atomic E-state index is 0.362. The predicted octanol–water partition coefficient (Wildman–Crippen LogP) is 1.03. The van der Waals surface area contributed by atoms with E-state index in [1.54, 1.807) is 0 Å². The highest BCUT2D eigenvalue weighted by Gasteiger charge is 2.23. The lowest BCUT2D eigenvalue weighted by Gasteiger charge is -2.36. The number of halogens is 1. The van der Waals surface area contributed by atoms with Gasteiger partial charge in [0.15, 0.2) is 0 Å². The predicted molar refractivity (Wildman–Crippen MR) is 63.1 cm³/mol. The molecule has 1 heterocycles. The molecule has 3 nitrogen and oxygen atoms in total. The summed E-state index contributed by atoms with van der Waals surface area (Å²) in [6, 6.07) is 0.